The molecular weight excluding hydrogens is 192 g/mol. The fourth-order valence-corrected chi connectivity index (χ4v) is 2.48. The van der Waals surface area contributed by atoms with Crippen LogP contribution in [0, 0.1) is 0 Å². The van der Waals surface area contributed by atoms with Crippen LogP contribution in [0.1, 0.15) is 5.56 Å². The summed E-state index contributed by atoms with van der Waals surface area (Å²) in [7, 11) is 1.25. The van der Waals surface area contributed by atoms with Gasteiger partial charge in [-0.2, -0.15) is 0 Å². The van der Waals surface area contributed by atoms with Gasteiger partial charge in [-0.1, -0.05) is 34.1 Å². The van der Waals surface area contributed by atoms with Gasteiger partial charge in [0.15, 0.2) is 0 Å². The fourth-order valence-electron chi connectivity index (χ4n) is 0.785. The highest BCUT2D eigenvalue weighted by Crippen LogP contribution is 2.14. The number of benzene rings is 1. The largest absolute Gasteiger partial charge is 0.0619 e. The van der Waals surface area contributed by atoms with Crippen LogP contribution in [-0.2, 0) is 6.04 Å². The normalized spacial score (nSPS) is 9.89. The van der Waals surface area contributed by atoms with E-state index in [4.69, 9.17) is 0 Å². The van der Waals surface area contributed by atoms with Crippen LogP contribution in [0.25, 0.3) is 0 Å². The molecule has 0 atom stereocenters. The van der Waals surface area contributed by atoms with Crippen molar-refractivity contribution in [3.05, 3.63) is 34.3 Å². The van der Waals surface area contributed by atoms with Gasteiger partial charge in [0.25, 0.3) is 0 Å². The summed E-state index contributed by atoms with van der Waals surface area (Å²) in [4.78, 5) is 0. The SMILES string of the molecule is [SiH3]Cc1ccccc1Br. The highest BCUT2D eigenvalue weighted by atomic mass is 79.9. The third kappa shape index (κ3) is 1.66. The van der Waals surface area contributed by atoms with Crippen LogP contribution in [0.4, 0.5) is 0 Å². The molecule has 0 saturated carbocycles. The molecule has 0 aromatic heterocycles. The topological polar surface area (TPSA) is 0 Å². The third-order valence-corrected chi connectivity index (χ3v) is 2.87. The van der Waals surface area contributed by atoms with Crippen LogP contribution in [-0.4, -0.2) is 10.2 Å². The van der Waals surface area contributed by atoms with E-state index in [0.29, 0.717) is 0 Å². The van der Waals surface area contributed by atoms with Crippen LogP contribution < -0.4 is 0 Å². The zero-order valence-electron chi connectivity index (χ0n) is 5.39. The first-order chi connectivity index (χ1) is 4.34. The molecule has 0 saturated heterocycles. The minimum Gasteiger partial charge on any atom is -0.0619 e. The average Bonchev–Trinajstić information content (AvgIpc) is 1.89. The standard InChI is InChI=1S/C7H9BrSi/c8-7-4-2-1-3-6(7)5-9/h1-4H,5H2,9H3. The van der Waals surface area contributed by atoms with Gasteiger partial charge in [-0.15, -0.1) is 0 Å². The Balaban J connectivity index is 3.01. The molecule has 0 aliphatic carbocycles. The molecule has 0 bridgehead atoms. The Bertz CT molecular complexity index is 198. The quantitative estimate of drug-likeness (QED) is 0.601. The van der Waals surface area contributed by atoms with Crippen LogP contribution in [0.2, 0.25) is 0 Å². The molecule has 0 unspecified atom stereocenters. The number of halogens is 1. The third-order valence-electron chi connectivity index (χ3n) is 1.34. The van der Waals surface area contributed by atoms with Gasteiger partial charge in [0.05, 0.1) is 0 Å². The molecule has 0 aliphatic heterocycles. The second-order valence-corrected chi connectivity index (χ2v) is 3.51. The lowest BCUT2D eigenvalue weighted by Crippen LogP contribution is -1.82. The molecule has 1 aromatic rings. The Morgan fingerprint density at radius 3 is 2.44 bits per heavy atom. The van der Waals surface area contributed by atoms with Crippen molar-refractivity contribution in [2.24, 2.45) is 0 Å². The number of hydrogen-bond donors (Lipinski definition) is 0. The maximum Gasteiger partial charge on any atom is 0.0204 e. The Morgan fingerprint density at radius 1 is 1.33 bits per heavy atom. The monoisotopic (exact) mass is 200 g/mol. The van der Waals surface area contributed by atoms with E-state index in [9.17, 15) is 0 Å². The van der Waals surface area contributed by atoms with Crippen molar-refractivity contribution < 1.29 is 0 Å². The van der Waals surface area contributed by atoms with Crippen LogP contribution in [0.15, 0.2) is 28.7 Å². The van der Waals surface area contributed by atoms with Crippen molar-refractivity contribution in [1.82, 2.24) is 0 Å². The highest BCUT2D eigenvalue weighted by Gasteiger charge is 1.91. The van der Waals surface area contributed by atoms with Gasteiger partial charge < -0.3 is 0 Å². The van der Waals surface area contributed by atoms with E-state index in [-0.39, 0.29) is 0 Å². The second-order valence-electron chi connectivity index (χ2n) is 1.94. The summed E-state index contributed by atoms with van der Waals surface area (Å²) in [6.45, 7) is 0. The van der Waals surface area contributed by atoms with E-state index in [0.717, 1.165) is 0 Å². The van der Waals surface area contributed by atoms with Crippen molar-refractivity contribution in [3.63, 3.8) is 0 Å². The smallest absolute Gasteiger partial charge is 0.0204 e. The van der Waals surface area contributed by atoms with Gasteiger partial charge in [-0.25, -0.2) is 0 Å². The lowest BCUT2D eigenvalue weighted by molar-refractivity contribution is 1.37. The summed E-state index contributed by atoms with van der Waals surface area (Å²) < 4.78 is 1.25. The first kappa shape index (κ1) is 7.03. The maximum atomic E-state index is 3.48. The van der Waals surface area contributed by atoms with Gasteiger partial charge in [0.1, 0.15) is 0 Å². The minimum atomic E-state index is 1.24. The maximum absolute atomic E-state index is 3.48. The predicted octanol–water partition coefficient (Wildman–Crippen LogP) is 1.31. The molecule has 9 heavy (non-hydrogen) atoms. The summed E-state index contributed by atoms with van der Waals surface area (Å²) >= 11 is 3.48. The summed E-state index contributed by atoms with van der Waals surface area (Å²) in [6.07, 6.45) is 0. The van der Waals surface area contributed by atoms with Gasteiger partial charge in [0.2, 0.25) is 0 Å². The van der Waals surface area contributed by atoms with E-state index >= 15 is 0 Å². The fraction of sp³-hybridized carbons (Fsp3) is 0.143. The zero-order valence-corrected chi connectivity index (χ0v) is 8.98. The molecule has 0 heterocycles. The molecule has 0 aliphatic rings. The minimum absolute atomic E-state index is 1.24. The van der Waals surface area contributed by atoms with Crippen LogP contribution >= 0.6 is 15.9 Å². The molecular formula is C7H9BrSi. The van der Waals surface area contributed by atoms with Gasteiger partial charge in [0, 0.05) is 14.7 Å². The summed E-state index contributed by atoms with van der Waals surface area (Å²) in [5.74, 6) is 0. The van der Waals surface area contributed by atoms with Crippen molar-refractivity contribution in [1.29, 1.82) is 0 Å². The van der Waals surface area contributed by atoms with Gasteiger partial charge in [-0.05, 0) is 17.7 Å². The van der Waals surface area contributed by atoms with E-state index in [1.807, 2.05) is 6.07 Å². The predicted molar refractivity (Wildman–Crippen MR) is 47.8 cm³/mol. The highest BCUT2D eigenvalue weighted by molar-refractivity contribution is 9.10. The van der Waals surface area contributed by atoms with Crippen molar-refractivity contribution in [3.8, 4) is 0 Å². The lowest BCUT2D eigenvalue weighted by atomic mass is 10.2. The average molecular weight is 201 g/mol. The van der Waals surface area contributed by atoms with E-state index in [1.54, 1.807) is 0 Å². The van der Waals surface area contributed by atoms with E-state index in [2.05, 4.69) is 34.1 Å². The zero-order chi connectivity index (χ0) is 6.69. The van der Waals surface area contributed by atoms with Gasteiger partial charge in [-0.3, -0.25) is 0 Å². The number of rotatable bonds is 1. The molecule has 48 valence electrons. The Morgan fingerprint density at radius 2 is 2.00 bits per heavy atom. The molecule has 0 spiro atoms. The van der Waals surface area contributed by atoms with Crippen molar-refractivity contribution in [2.45, 2.75) is 6.04 Å². The van der Waals surface area contributed by atoms with E-state index in [1.165, 1.54) is 26.3 Å². The second kappa shape index (κ2) is 3.18. The summed E-state index contributed by atoms with van der Waals surface area (Å²) in [5.41, 5.74) is 1.43. The molecule has 0 fully saturated rings. The Labute approximate surface area is 66.8 Å². The first-order valence-corrected chi connectivity index (χ1v) is 5.28. The summed E-state index contributed by atoms with van der Waals surface area (Å²) in [6, 6.07) is 9.62. The first-order valence-electron chi connectivity index (χ1n) is 3.08. The molecule has 0 nitrogen and oxygen atoms in total. The summed E-state index contributed by atoms with van der Waals surface area (Å²) in [5, 5.41) is 0. The van der Waals surface area contributed by atoms with E-state index < -0.39 is 0 Å². The Hall–Kier alpha value is -0.0831. The molecule has 2 heteroatoms. The molecule has 1 rings (SSSR count). The molecule has 1 aromatic carbocycles. The Kier molecular flexibility index (Phi) is 2.48. The molecule has 0 amide bonds. The van der Waals surface area contributed by atoms with Crippen LogP contribution in [0.5, 0.6) is 0 Å². The molecule has 0 N–H and O–H groups in total. The van der Waals surface area contributed by atoms with Crippen molar-refractivity contribution >= 4 is 26.2 Å². The van der Waals surface area contributed by atoms with Crippen LogP contribution in [0.3, 0.4) is 0 Å². The molecule has 0 radical (unpaired) electrons. The number of hydrogen-bond acceptors (Lipinski definition) is 0. The lowest BCUT2D eigenvalue weighted by Gasteiger charge is -1.96. The van der Waals surface area contributed by atoms with Gasteiger partial charge >= 0.3 is 0 Å². The van der Waals surface area contributed by atoms with Crippen molar-refractivity contribution in [2.75, 3.05) is 0 Å².